The van der Waals surface area contributed by atoms with Gasteiger partial charge in [0.1, 0.15) is 0 Å². The van der Waals surface area contributed by atoms with Crippen LogP contribution in [0.5, 0.6) is 0 Å². The molecule has 0 fully saturated rings. The number of hydrogen-bond donors (Lipinski definition) is 2. The van der Waals surface area contributed by atoms with Crippen LogP contribution in [0.2, 0.25) is 0 Å². The predicted octanol–water partition coefficient (Wildman–Crippen LogP) is 1.70. The summed E-state index contributed by atoms with van der Waals surface area (Å²) in [4.78, 5) is 9.07. The molecule has 3 N–H and O–H groups in total. The molecule has 0 aliphatic heterocycles. The molecule has 0 aromatic heterocycles. The maximum Gasteiger partial charge on any atom is 0.339 e. The summed E-state index contributed by atoms with van der Waals surface area (Å²) in [5, 5.41) is 9.24. The number of nitrogens with two attached hydrogens (primary N) is 1. The molecule has 0 bridgehead atoms. The first-order valence-electron chi connectivity index (χ1n) is 6.10. The highest BCUT2D eigenvalue weighted by Gasteiger charge is 2.48. The molecule has 0 spiro atoms. The van der Waals surface area contributed by atoms with Crippen LogP contribution >= 0.6 is 0 Å². The zero-order chi connectivity index (χ0) is 14.7. The van der Waals surface area contributed by atoms with E-state index in [-0.39, 0.29) is 11.3 Å². The van der Waals surface area contributed by atoms with Gasteiger partial charge in [0.25, 0.3) is 0 Å². The Kier molecular flexibility index (Phi) is 4.70. The van der Waals surface area contributed by atoms with Crippen LogP contribution in [0.1, 0.15) is 31.7 Å². The van der Waals surface area contributed by atoms with Gasteiger partial charge in [0.15, 0.2) is 0 Å². The Morgan fingerprint density at radius 2 is 1.95 bits per heavy atom. The third-order valence-corrected chi connectivity index (χ3v) is 5.50. The fourth-order valence-electron chi connectivity index (χ4n) is 1.85. The Labute approximate surface area is 113 Å². The molecule has 6 heteroatoms. The number of benzene rings is 1. The molecule has 0 radical (unpaired) electrons. The largest absolute Gasteiger partial charge is 0.479 e. The van der Waals surface area contributed by atoms with Gasteiger partial charge in [-0.15, -0.1) is 0 Å². The Bertz CT molecular complexity index is 568. The average Bonchev–Trinajstić information content (AvgIpc) is 2.35. The topological polar surface area (TPSA) is 97.5 Å². The minimum Gasteiger partial charge on any atom is -0.479 e. The summed E-state index contributed by atoms with van der Waals surface area (Å²) in [6.45, 7) is 3.47. The number of carboxylic acid groups (broad SMARTS) is 1. The first-order valence-corrected chi connectivity index (χ1v) is 7.58. The second kappa shape index (κ2) is 5.71. The van der Waals surface area contributed by atoms with E-state index in [9.17, 15) is 18.3 Å². The predicted molar refractivity (Wildman–Crippen MR) is 72.4 cm³/mol. The fourth-order valence-corrected chi connectivity index (χ4v) is 3.63. The molecule has 19 heavy (non-hydrogen) atoms. The molecule has 0 saturated carbocycles. The minimum atomic E-state index is -4.12. The summed E-state index contributed by atoms with van der Waals surface area (Å²) in [7, 11) is -4.12. The number of rotatable bonds is 6. The summed E-state index contributed by atoms with van der Waals surface area (Å²) in [5.74, 6) is -1.51. The molecular formula is C13H19NO4S. The summed E-state index contributed by atoms with van der Waals surface area (Å²) in [6.07, 6.45) is 1.01. The highest BCUT2D eigenvalue weighted by molar-refractivity contribution is 7.93. The summed E-state index contributed by atoms with van der Waals surface area (Å²) < 4.78 is 25.0. The summed E-state index contributed by atoms with van der Waals surface area (Å²) in [5.41, 5.74) is 6.21. The Balaban J connectivity index is 3.37. The Hall–Kier alpha value is -1.40. The maximum absolute atomic E-state index is 12.5. The van der Waals surface area contributed by atoms with Gasteiger partial charge >= 0.3 is 5.97 Å². The molecule has 1 unspecified atom stereocenters. The van der Waals surface area contributed by atoms with Crippen LogP contribution < -0.4 is 5.73 Å². The number of carbonyl (C=O) groups is 1. The van der Waals surface area contributed by atoms with E-state index in [2.05, 4.69) is 0 Å². The second-order valence-electron chi connectivity index (χ2n) is 4.57. The number of aliphatic carboxylic acids is 1. The van der Waals surface area contributed by atoms with Crippen LogP contribution in [-0.2, 0) is 14.6 Å². The first-order chi connectivity index (χ1) is 8.77. The van der Waals surface area contributed by atoms with Crippen molar-refractivity contribution in [2.45, 2.75) is 42.9 Å². The van der Waals surface area contributed by atoms with Crippen molar-refractivity contribution in [2.24, 2.45) is 5.73 Å². The molecule has 0 heterocycles. The van der Waals surface area contributed by atoms with Crippen molar-refractivity contribution in [1.82, 2.24) is 0 Å². The average molecular weight is 285 g/mol. The highest BCUT2D eigenvalue weighted by Crippen LogP contribution is 2.28. The number of carboxylic acids is 1. The lowest BCUT2D eigenvalue weighted by molar-refractivity contribution is -0.140. The van der Waals surface area contributed by atoms with Crippen LogP contribution in [0.4, 0.5) is 0 Å². The van der Waals surface area contributed by atoms with Crippen molar-refractivity contribution >= 4 is 15.8 Å². The van der Waals surface area contributed by atoms with Gasteiger partial charge in [-0.3, -0.25) is 0 Å². The van der Waals surface area contributed by atoms with E-state index in [1.54, 1.807) is 25.1 Å². The van der Waals surface area contributed by atoms with Gasteiger partial charge in [0.05, 0.1) is 4.90 Å². The van der Waals surface area contributed by atoms with Crippen molar-refractivity contribution < 1.29 is 18.3 Å². The van der Waals surface area contributed by atoms with Gasteiger partial charge in [0, 0.05) is 0 Å². The van der Waals surface area contributed by atoms with Crippen molar-refractivity contribution in [3.8, 4) is 0 Å². The molecular weight excluding hydrogens is 266 g/mol. The lowest BCUT2D eigenvalue weighted by Crippen LogP contribution is -2.54. The Morgan fingerprint density at radius 3 is 2.42 bits per heavy atom. The maximum atomic E-state index is 12.5. The number of aryl methyl sites for hydroxylation is 1. The zero-order valence-corrected chi connectivity index (χ0v) is 11.9. The smallest absolute Gasteiger partial charge is 0.339 e. The van der Waals surface area contributed by atoms with E-state index in [1.807, 2.05) is 6.92 Å². The van der Waals surface area contributed by atoms with Crippen LogP contribution in [-0.4, -0.2) is 24.4 Å². The van der Waals surface area contributed by atoms with Gasteiger partial charge in [-0.2, -0.15) is 0 Å². The van der Waals surface area contributed by atoms with E-state index in [0.717, 1.165) is 0 Å². The van der Waals surface area contributed by atoms with Gasteiger partial charge in [-0.25, -0.2) is 13.2 Å². The SMILES string of the molecule is CCCCC(N)(C(=O)O)S(=O)(=O)c1ccccc1C. The van der Waals surface area contributed by atoms with Gasteiger partial charge < -0.3 is 10.8 Å². The monoisotopic (exact) mass is 285 g/mol. The molecule has 106 valence electrons. The van der Waals surface area contributed by atoms with E-state index in [4.69, 9.17) is 5.73 Å². The number of unbranched alkanes of at least 4 members (excludes halogenated alkanes) is 1. The minimum absolute atomic E-state index is 0.0176. The molecule has 0 amide bonds. The van der Waals surface area contributed by atoms with Crippen molar-refractivity contribution in [1.29, 1.82) is 0 Å². The number of hydrogen-bond acceptors (Lipinski definition) is 4. The van der Waals surface area contributed by atoms with E-state index < -0.39 is 20.7 Å². The molecule has 1 aromatic carbocycles. The highest BCUT2D eigenvalue weighted by atomic mass is 32.2. The standard InChI is InChI=1S/C13H19NO4S/c1-3-4-9-13(14,12(15)16)19(17,18)11-8-6-5-7-10(11)2/h5-8H,3-4,9,14H2,1-2H3,(H,15,16). The van der Waals surface area contributed by atoms with Gasteiger partial charge in [-0.05, 0) is 25.0 Å². The van der Waals surface area contributed by atoms with Crippen LogP contribution in [0, 0.1) is 6.92 Å². The van der Waals surface area contributed by atoms with Crippen molar-refractivity contribution in [3.63, 3.8) is 0 Å². The molecule has 5 nitrogen and oxygen atoms in total. The summed E-state index contributed by atoms with van der Waals surface area (Å²) in [6, 6.07) is 6.26. The van der Waals surface area contributed by atoms with E-state index in [1.165, 1.54) is 6.07 Å². The molecule has 1 atom stereocenters. The Morgan fingerprint density at radius 1 is 1.37 bits per heavy atom. The van der Waals surface area contributed by atoms with Crippen LogP contribution in [0.3, 0.4) is 0 Å². The third kappa shape index (κ3) is 2.79. The first kappa shape index (κ1) is 15.7. The second-order valence-corrected chi connectivity index (χ2v) is 6.74. The number of sulfone groups is 1. The van der Waals surface area contributed by atoms with E-state index in [0.29, 0.717) is 18.4 Å². The molecule has 1 aromatic rings. The third-order valence-electron chi connectivity index (χ3n) is 3.13. The lowest BCUT2D eigenvalue weighted by Gasteiger charge is -2.25. The van der Waals surface area contributed by atoms with Gasteiger partial charge in [0.2, 0.25) is 14.7 Å². The van der Waals surface area contributed by atoms with Crippen LogP contribution in [0.25, 0.3) is 0 Å². The molecule has 0 aliphatic rings. The van der Waals surface area contributed by atoms with Crippen molar-refractivity contribution in [2.75, 3.05) is 0 Å². The van der Waals surface area contributed by atoms with Gasteiger partial charge in [-0.1, -0.05) is 38.0 Å². The summed E-state index contributed by atoms with van der Waals surface area (Å²) >= 11 is 0. The zero-order valence-electron chi connectivity index (χ0n) is 11.1. The molecule has 0 aliphatic carbocycles. The normalized spacial score (nSPS) is 14.9. The fraction of sp³-hybridized carbons (Fsp3) is 0.462. The molecule has 0 saturated heterocycles. The van der Waals surface area contributed by atoms with Crippen LogP contribution in [0.15, 0.2) is 29.2 Å². The lowest BCUT2D eigenvalue weighted by atomic mass is 10.1. The van der Waals surface area contributed by atoms with E-state index >= 15 is 0 Å². The quantitative estimate of drug-likeness (QED) is 0.829. The molecule has 1 rings (SSSR count). The van der Waals surface area contributed by atoms with Crippen molar-refractivity contribution in [3.05, 3.63) is 29.8 Å².